The summed E-state index contributed by atoms with van der Waals surface area (Å²) in [6.45, 7) is 4.67. The van der Waals surface area contributed by atoms with Gasteiger partial charge in [0.25, 0.3) is 0 Å². The van der Waals surface area contributed by atoms with Gasteiger partial charge in [0.05, 0.1) is 0 Å². The molecule has 0 heterocycles. The van der Waals surface area contributed by atoms with Crippen LogP contribution in [0.15, 0.2) is 188 Å². The predicted octanol–water partition coefficient (Wildman–Crippen LogP) is 12.8. The number of fused-ring (bicyclic) bond motifs is 1. The van der Waals surface area contributed by atoms with Gasteiger partial charge in [-0.3, -0.25) is 0 Å². The molecular weight excluding hydrogens is 579 g/mol. The van der Waals surface area contributed by atoms with Gasteiger partial charge in [0.1, 0.15) is 0 Å². The summed E-state index contributed by atoms with van der Waals surface area (Å²) in [5, 5.41) is 0. The lowest BCUT2D eigenvalue weighted by Crippen LogP contribution is -2.29. The second-order valence-electron chi connectivity index (χ2n) is 13.1. The fourth-order valence-corrected chi connectivity index (χ4v) is 7.01. The standard InChI is InChI=1S/C47H37N/c1-47(2)45-16-10-9-15-42(45)33-46(47)48(43-29-25-40(26-30-43)38-21-17-36(18-22-38)34-11-5-3-6-12-34)44-31-27-41(28-32-44)39-23-19-37(20-24-39)35-13-7-4-8-14-35/h3-33H,1-2H3. The monoisotopic (exact) mass is 615 g/mol. The van der Waals surface area contributed by atoms with E-state index < -0.39 is 0 Å². The van der Waals surface area contributed by atoms with Crippen LogP contribution in [0.2, 0.25) is 0 Å². The number of allylic oxidation sites excluding steroid dienone is 1. The first kappa shape index (κ1) is 29.5. The van der Waals surface area contributed by atoms with Crippen LogP contribution in [0.1, 0.15) is 25.0 Å². The molecule has 0 fully saturated rings. The first-order chi connectivity index (χ1) is 23.5. The number of hydrogen-bond acceptors (Lipinski definition) is 1. The minimum Gasteiger partial charge on any atom is -0.313 e. The first-order valence-electron chi connectivity index (χ1n) is 16.7. The molecule has 0 bridgehead atoms. The van der Waals surface area contributed by atoms with Crippen molar-refractivity contribution < 1.29 is 0 Å². The smallest absolute Gasteiger partial charge is 0.0459 e. The minimum absolute atomic E-state index is 0.158. The van der Waals surface area contributed by atoms with E-state index in [-0.39, 0.29) is 5.41 Å². The van der Waals surface area contributed by atoms with E-state index in [1.807, 2.05) is 0 Å². The molecule has 8 rings (SSSR count). The topological polar surface area (TPSA) is 3.24 Å². The zero-order chi connectivity index (χ0) is 32.5. The molecule has 7 aromatic rings. The zero-order valence-electron chi connectivity index (χ0n) is 27.3. The van der Waals surface area contributed by atoms with Gasteiger partial charge in [-0.2, -0.15) is 0 Å². The maximum atomic E-state index is 2.44. The van der Waals surface area contributed by atoms with Crippen LogP contribution >= 0.6 is 0 Å². The van der Waals surface area contributed by atoms with Gasteiger partial charge in [-0.05, 0) is 86.0 Å². The van der Waals surface area contributed by atoms with Crippen molar-refractivity contribution in [2.75, 3.05) is 4.90 Å². The van der Waals surface area contributed by atoms with E-state index >= 15 is 0 Å². The Bertz CT molecular complexity index is 2060. The van der Waals surface area contributed by atoms with Gasteiger partial charge in [-0.1, -0.05) is 172 Å². The van der Waals surface area contributed by atoms with E-state index in [4.69, 9.17) is 0 Å². The van der Waals surface area contributed by atoms with Gasteiger partial charge >= 0.3 is 0 Å². The van der Waals surface area contributed by atoms with Crippen LogP contribution in [0.3, 0.4) is 0 Å². The molecule has 0 amide bonds. The number of benzene rings is 7. The van der Waals surface area contributed by atoms with Crippen molar-refractivity contribution in [3.05, 3.63) is 199 Å². The maximum Gasteiger partial charge on any atom is 0.0459 e. The van der Waals surface area contributed by atoms with Gasteiger partial charge in [0.15, 0.2) is 0 Å². The highest BCUT2D eigenvalue weighted by molar-refractivity contribution is 5.82. The SMILES string of the molecule is CC1(C)C(N(c2ccc(-c3ccc(-c4ccccc4)cc3)cc2)c2ccc(-c3ccc(-c4ccccc4)cc3)cc2)=Cc2ccccc21. The van der Waals surface area contributed by atoms with Crippen LogP contribution in [0, 0.1) is 0 Å². The Morgan fingerprint density at radius 2 is 0.646 bits per heavy atom. The molecule has 0 atom stereocenters. The second-order valence-corrected chi connectivity index (χ2v) is 13.1. The normalized spacial score (nSPS) is 13.1. The number of hydrogen-bond donors (Lipinski definition) is 0. The van der Waals surface area contributed by atoms with Gasteiger partial charge < -0.3 is 4.90 Å². The zero-order valence-corrected chi connectivity index (χ0v) is 27.3. The van der Waals surface area contributed by atoms with Crippen LogP contribution < -0.4 is 4.90 Å². The molecular formula is C47H37N. The van der Waals surface area contributed by atoms with E-state index in [2.05, 4.69) is 207 Å². The summed E-state index contributed by atoms with van der Waals surface area (Å²) < 4.78 is 0. The maximum absolute atomic E-state index is 2.44. The Balaban J connectivity index is 1.13. The second kappa shape index (κ2) is 12.4. The van der Waals surface area contributed by atoms with Crippen molar-refractivity contribution >= 4 is 17.5 Å². The summed E-state index contributed by atoms with van der Waals surface area (Å²) in [5.41, 5.74) is 15.8. The van der Waals surface area contributed by atoms with E-state index in [1.54, 1.807) is 0 Å². The Morgan fingerprint density at radius 1 is 0.333 bits per heavy atom. The third kappa shape index (κ3) is 5.54. The van der Waals surface area contributed by atoms with Gasteiger partial charge in [0, 0.05) is 22.5 Å². The lowest BCUT2D eigenvalue weighted by molar-refractivity contribution is 0.626. The third-order valence-corrected chi connectivity index (χ3v) is 9.71. The predicted molar refractivity (Wildman–Crippen MR) is 204 cm³/mol. The molecule has 0 saturated heterocycles. The van der Waals surface area contributed by atoms with E-state index in [9.17, 15) is 0 Å². The first-order valence-corrected chi connectivity index (χ1v) is 16.7. The van der Waals surface area contributed by atoms with Crippen molar-refractivity contribution in [1.29, 1.82) is 0 Å². The lowest BCUT2D eigenvalue weighted by Gasteiger charge is -2.35. The average molecular weight is 616 g/mol. The van der Waals surface area contributed by atoms with Crippen LogP contribution in [0.25, 0.3) is 50.6 Å². The van der Waals surface area contributed by atoms with Crippen molar-refractivity contribution in [3.8, 4) is 44.5 Å². The highest BCUT2D eigenvalue weighted by Gasteiger charge is 2.37. The molecule has 1 aliphatic carbocycles. The third-order valence-electron chi connectivity index (χ3n) is 9.71. The number of anilines is 2. The minimum atomic E-state index is -0.158. The van der Waals surface area contributed by atoms with Crippen LogP contribution in [-0.2, 0) is 5.41 Å². The lowest BCUT2D eigenvalue weighted by atomic mass is 9.83. The van der Waals surface area contributed by atoms with E-state index in [1.165, 1.54) is 61.3 Å². The van der Waals surface area contributed by atoms with E-state index in [0.717, 1.165) is 11.4 Å². The van der Waals surface area contributed by atoms with Gasteiger partial charge in [-0.15, -0.1) is 0 Å². The molecule has 48 heavy (non-hydrogen) atoms. The molecule has 1 aliphatic rings. The average Bonchev–Trinajstić information content (AvgIpc) is 3.42. The summed E-state index contributed by atoms with van der Waals surface area (Å²) >= 11 is 0. The van der Waals surface area contributed by atoms with Crippen molar-refractivity contribution in [2.45, 2.75) is 19.3 Å². The van der Waals surface area contributed by atoms with Crippen LogP contribution in [-0.4, -0.2) is 0 Å². The number of rotatable bonds is 7. The molecule has 0 aliphatic heterocycles. The summed E-state index contributed by atoms with van der Waals surface area (Å²) in [6, 6.07) is 65.6. The summed E-state index contributed by atoms with van der Waals surface area (Å²) in [6.07, 6.45) is 2.36. The summed E-state index contributed by atoms with van der Waals surface area (Å²) in [5.74, 6) is 0. The van der Waals surface area contributed by atoms with Crippen LogP contribution in [0.4, 0.5) is 11.4 Å². The van der Waals surface area contributed by atoms with Gasteiger partial charge in [-0.25, -0.2) is 0 Å². The number of nitrogens with zero attached hydrogens (tertiary/aromatic N) is 1. The van der Waals surface area contributed by atoms with Crippen LogP contribution in [0.5, 0.6) is 0 Å². The molecule has 7 aromatic carbocycles. The Hall–Kier alpha value is -5.92. The van der Waals surface area contributed by atoms with Crippen molar-refractivity contribution in [1.82, 2.24) is 0 Å². The molecule has 1 nitrogen and oxygen atoms in total. The highest BCUT2D eigenvalue weighted by Crippen LogP contribution is 2.47. The molecule has 0 N–H and O–H groups in total. The largest absolute Gasteiger partial charge is 0.313 e. The van der Waals surface area contributed by atoms with E-state index in [0.29, 0.717) is 0 Å². The molecule has 0 spiro atoms. The Labute approximate surface area is 284 Å². The fraction of sp³-hybridized carbons (Fsp3) is 0.0638. The fourth-order valence-electron chi connectivity index (χ4n) is 7.01. The Morgan fingerprint density at radius 3 is 1.02 bits per heavy atom. The summed E-state index contributed by atoms with van der Waals surface area (Å²) in [7, 11) is 0. The molecule has 0 saturated carbocycles. The quantitative estimate of drug-likeness (QED) is 0.172. The summed E-state index contributed by atoms with van der Waals surface area (Å²) in [4.78, 5) is 2.44. The molecule has 230 valence electrons. The molecule has 1 heteroatoms. The highest BCUT2D eigenvalue weighted by atomic mass is 15.2. The molecule has 0 aromatic heterocycles. The molecule has 0 radical (unpaired) electrons. The van der Waals surface area contributed by atoms with Gasteiger partial charge in [0.2, 0.25) is 0 Å². The van der Waals surface area contributed by atoms with Crippen molar-refractivity contribution in [3.63, 3.8) is 0 Å². The Kier molecular flexibility index (Phi) is 7.59. The van der Waals surface area contributed by atoms with Crippen molar-refractivity contribution in [2.24, 2.45) is 0 Å². The molecule has 0 unspecified atom stereocenters.